The Bertz CT molecular complexity index is 351. The molecule has 0 saturated carbocycles. The van der Waals surface area contributed by atoms with Gasteiger partial charge in [0.1, 0.15) is 0 Å². The summed E-state index contributed by atoms with van der Waals surface area (Å²) in [6.45, 7) is 1.31. The first-order chi connectivity index (χ1) is 4.61. The van der Waals surface area contributed by atoms with Crippen molar-refractivity contribution < 1.29 is 4.39 Å². The van der Waals surface area contributed by atoms with Gasteiger partial charge in [0.2, 0.25) is 5.82 Å². The van der Waals surface area contributed by atoms with Crippen molar-refractivity contribution in [2.24, 2.45) is 0 Å². The van der Waals surface area contributed by atoms with Gasteiger partial charge in [-0.1, -0.05) is 0 Å². The maximum Gasteiger partial charge on any atom is 0.326 e. The molecule has 1 heterocycles. The third-order valence-corrected chi connectivity index (χ3v) is 1.06. The molecule has 0 bridgehead atoms. The first-order valence-corrected chi connectivity index (χ1v) is 2.60. The molecular weight excluding hydrogens is 138 g/mol. The first-order valence-electron chi connectivity index (χ1n) is 2.60. The molecule has 0 unspecified atom stereocenters. The molecule has 0 aromatic carbocycles. The van der Waals surface area contributed by atoms with E-state index in [2.05, 4.69) is 4.98 Å². The maximum atomic E-state index is 12.4. The van der Waals surface area contributed by atoms with E-state index in [9.17, 15) is 14.0 Å². The average molecular weight is 143 g/mol. The monoisotopic (exact) mass is 143 g/mol. The van der Waals surface area contributed by atoms with E-state index in [1.807, 2.05) is 0 Å². The van der Waals surface area contributed by atoms with Gasteiger partial charge in [0, 0.05) is 0 Å². The van der Waals surface area contributed by atoms with E-state index in [4.69, 9.17) is 0 Å². The molecule has 1 aromatic rings. The van der Waals surface area contributed by atoms with Crippen LogP contribution in [-0.2, 0) is 0 Å². The zero-order valence-corrected chi connectivity index (χ0v) is 5.19. The predicted molar refractivity (Wildman–Crippen MR) is 32.4 cm³/mol. The highest BCUT2D eigenvalue weighted by atomic mass is 18.2. The highest BCUT2D eigenvalue weighted by molar-refractivity contribution is 4.98. The Morgan fingerprint density at radius 2 is 1.90 bits per heavy atom. The van der Waals surface area contributed by atoms with Crippen molar-refractivity contribution >= 4 is 0 Å². The number of halogens is 1. The molecule has 5 heteroatoms. The second kappa shape index (κ2) is 2.09. The molecule has 1 aromatic heterocycles. The molecule has 0 radical (unpaired) electrons. The number of nitrogens with one attached hydrogen (secondary N) is 2. The van der Waals surface area contributed by atoms with Gasteiger partial charge in [-0.15, -0.1) is 0 Å². The minimum Gasteiger partial charge on any atom is -0.309 e. The van der Waals surface area contributed by atoms with E-state index in [0.717, 1.165) is 0 Å². The number of aromatic amines is 2. The second-order valence-corrected chi connectivity index (χ2v) is 1.85. The molecule has 0 aliphatic rings. The molecule has 10 heavy (non-hydrogen) atoms. The number of hydrogen-bond acceptors (Lipinski definition) is 2. The average Bonchev–Trinajstić information content (AvgIpc) is 1.82. The number of H-pyrrole nitrogens is 2. The van der Waals surface area contributed by atoms with E-state index in [1.165, 1.54) is 6.92 Å². The maximum absolute atomic E-state index is 12.4. The number of aromatic nitrogens is 2. The summed E-state index contributed by atoms with van der Waals surface area (Å²) in [5.41, 5.74) is -1.72. The lowest BCUT2D eigenvalue weighted by Gasteiger charge is -1.90. The van der Waals surface area contributed by atoms with Crippen molar-refractivity contribution in [2.75, 3.05) is 0 Å². The van der Waals surface area contributed by atoms with Gasteiger partial charge < -0.3 is 4.98 Å². The minimum absolute atomic E-state index is 0.0475. The lowest BCUT2D eigenvalue weighted by molar-refractivity contribution is 0.584. The van der Waals surface area contributed by atoms with Crippen LogP contribution in [0.15, 0.2) is 9.59 Å². The largest absolute Gasteiger partial charge is 0.326 e. The Morgan fingerprint density at radius 3 is 2.40 bits per heavy atom. The van der Waals surface area contributed by atoms with Gasteiger partial charge >= 0.3 is 5.69 Å². The normalized spacial score (nSPS) is 9.80. The van der Waals surface area contributed by atoms with E-state index >= 15 is 0 Å². The SMILES string of the molecule is Cc1[nH]c(=O)[nH]c(=O)c1[18F]. The first kappa shape index (κ1) is 6.73. The van der Waals surface area contributed by atoms with E-state index in [0.29, 0.717) is 0 Å². The number of rotatable bonds is 0. The van der Waals surface area contributed by atoms with Gasteiger partial charge in [-0.3, -0.25) is 9.78 Å². The summed E-state index contributed by atoms with van der Waals surface area (Å²) >= 11 is 0. The standard InChI is InChI=1S/C5H5FN2O2/c1-2-3(6)4(9)8-5(10)7-2/h1H3,(H2,7,8,9,10)/i6-1. The van der Waals surface area contributed by atoms with Gasteiger partial charge in [0.15, 0.2) is 0 Å². The van der Waals surface area contributed by atoms with Gasteiger partial charge in [-0.05, 0) is 6.92 Å². The predicted octanol–water partition coefficient (Wildman–Crippen LogP) is -0.489. The summed E-state index contributed by atoms with van der Waals surface area (Å²) in [6, 6.07) is 0. The molecule has 2 N–H and O–H groups in total. The number of aryl methyl sites for hydroxylation is 1. The molecule has 0 atom stereocenters. The molecule has 0 spiro atoms. The molecular formula is C5H5FN2O2. The van der Waals surface area contributed by atoms with Crippen LogP contribution in [0.2, 0.25) is 0 Å². The van der Waals surface area contributed by atoms with Crippen LogP contribution in [0.25, 0.3) is 0 Å². The second-order valence-electron chi connectivity index (χ2n) is 1.85. The van der Waals surface area contributed by atoms with Gasteiger partial charge in [0.25, 0.3) is 5.56 Å². The quantitative estimate of drug-likeness (QED) is 0.514. The van der Waals surface area contributed by atoms with Crippen LogP contribution < -0.4 is 11.2 Å². The highest BCUT2D eigenvalue weighted by Crippen LogP contribution is 1.88. The fourth-order valence-corrected chi connectivity index (χ4v) is 0.585. The summed E-state index contributed by atoms with van der Waals surface area (Å²) in [5.74, 6) is -0.945. The molecule has 1 rings (SSSR count). The Hall–Kier alpha value is -1.39. The Balaban J connectivity index is 3.62. The van der Waals surface area contributed by atoms with Crippen molar-refractivity contribution in [3.63, 3.8) is 0 Å². The van der Waals surface area contributed by atoms with E-state index < -0.39 is 17.1 Å². The summed E-state index contributed by atoms with van der Waals surface area (Å²) in [4.78, 5) is 24.6. The van der Waals surface area contributed by atoms with Crippen molar-refractivity contribution in [2.45, 2.75) is 6.92 Å². The number of hydrogen-bond donors (Lipinski definition) is 2. The lowest BCUT2D eigenvalue weighted by Crippen LogP contribution is -2.26. The molecule has 0 aliphatic heterocycles. The third-order valence-electron chi connectivity index (χ3n) is 1.06. The van der Waals surface area contributed by atoms with Crippen molar-refractivity contribution in [1.29, 1.82) is 0 Å². The van der Waals surface area contributed by atoms with Crippen LogP contribution in [0.3, 0.4) is 0 Å². The van der Waals surface area contributed by atoms with Gasteiger partial charge in [-0.25, -0.2) is 4.79 Å². The summed E-state index contributed by atoms with van der Waals surface area (Å²) in [6.07, 6.45) is 0. The van der Waals surface area contributed by atoms with Crippen LogP contribution in [0, 0.1) is 12.7 Å². The smallest absolute Gasteiger partial charge is 0.309 e. The van der Waals surface area contributed by atoms with E-state index in [1.54, 1.807) is 4.98 Å². The Labute approximate surface area is 54.7 Å². The molecule has 0 amide bonds. The van der Waals surface area contributed by atoms with Gasteiger partial charge in [-0.2, -0.15) is 4.39 Å². The molecule has 0 aliphatic carbocycles. The van der Waals surface area contributed by atoms with Crippen LogP contribution >= 0.6 is 0 Å². The Kier molecular flexibility index (Phi) is 1.41. The van der Waals surface area contributed by atoms with Crippen molar-refractivity contribution in [3.05, 3.63) is 32.3 Å². The van der Waals surface area contributed by atoms with Crippen LogP contribution in [-0.4, -0.2) is 9.97 Å². The summed E-state index contributed by atoms with van der Waals surface area (Å²) in [5, 5.41) is 0. The fraction of sp³-hybridized carbons (Fsp3) is 0.200. The van der Waals surface area contributed by atoms with E-state index in [-0.39, 0.29) is 5.69 Å². The van der Waals surface area contributed by atoms with Crippen molar-refractivity contribution in [1.82, 2.24) is 9.97 Å². The van der Waals surface area contributed by atoms with Crippen LogP contribution in [0.4, 0.5) is 4.39 Å². The topological polar surface area (TPSA) is 65.7 Å². The van der Waals surface area contributed by atoms with Crippen LogP contribution in [0.1, 0.15) is 5.69 Å². The zero-order valence-electron chi connectivity index (χ0n) is 5.19. The molecule has 0 saturated heterocycles. The minimum atomic E-state index is -0.985. The van der Waals surface area contributed by atoms with Crippen molar-refractivity contribution in [3.8, 4) is 0 Å². The third kappa shape index (κ3) is 0.975. The lowest BCUT2D eigenvalue weighted by atomic mass is 10.4. The Morgan fingerprint density at radius 1 is 1.30 bits per heavy atom. The highest BCUT2D eigenvalue weighted by Gasteiger charge is 2.01. The van der Waals surface area contributed by atoms with Gasteiger partial charge in [0.05, 0.1) is 5.69 Å². The summed E-state index contributed by atoms with van der Waals surface area (Å²) < 4.78 is 12.4. The molecule has 54 valence electrons. The molecule has 4 nitrogen and oxygen atoms in total. The zero-order chi connectivity index (χ0) is 7.72. The van der Waals surface area contributed by atoms with Crippen LogP contribution in [0.5, 0.6) is 0 Å². The molecule has 0 fully saturated rings. The summed E-state index contributed by atoms with van der Waals surface area (Å²) in [7, 11) is 0. The fourth-order valence-electron chi connectivity index (χ4n) is 0.585.